The molecular formula is C13H27N3O2. The quantitative estimate of drug-likeness (QED) is 0.720. The molecule has 1 unspecified atom stereocenters. The van der Waals surface area contributed by atoms with Crippen LogP contribution in [0.15, 0.2) is 0 Å². The van der Waals surface area contributed by atoms with E-state index in [1.165, 1.54) is 0 Å². The minimum atomic E-state index is -0.277. The van der Waals surface area contributed by atoms with Crippen LogP contribution >= 0.6 is 0 Å². The highest BCUT2D eigenvalue weighted by atomic mass is 16.5. The van der Waals surface area contributed by atoms with E-state index in [1.54, 1.807) is 0 Å². The molecule has 0 spiro atoms. The average Bonchev–Trinajstić information content (AvgIpc) is 2.25. The molecule has 106 valence electrons. The number of amides is 1. The summed E-state index contributed by atoms with van der Waals surface area (Å²) in [7, 11) is 0. The molecule has 0 aromatic carbocycles. The lowest BCUT2D eigenvalue weighted by Crippen LogP contribution is -2.52. The highest BCUT2D eigenvalue weighted by Gasteiger charge is 2.25. The summed E-state index contributed by atoms with van der Waals surface area (Å²) in [6.07, 6.45) is 0.529. The number of nitrogens with one attached hydrogen (secondary N) is 1. The van der Waals surface area contributed by atoms with Crippen LogP contribution < -0.4 is 11.1 Å². The predicted octanol–water partition coefficient (Wildman–Crippen LogP) is 0.339. The molecule has 1 saturated heterocycles. The summed E-state index contributed by atoms with van der Waals surface area (Å²) < 4.78 is 5.74. The highest BCUT2D eigenvalue weighted by Crippen LogP contribution is 2.11. The van der Waals surface area contributed by atoms with Gasteiger partial charge in [-0.05, 0) is 27.7 Å². The van der Waals surface area contributed by atoms with Gasteiger partial charge in [0.1, 0.15) is 0 Å². The molecule has 3 N–H and O–H groups in total. The van der Waals surface area contributed by atoms with E-state index in [0.29, 0.717) is 12.5 Å². The fraction of sp³-hybridized carbons (Fsp3) is 0.923. The highest BCUT2D eigenvalue weighted by molar-refractivity contribution is 5.74. The number of carbonyl (C=O) groups excluding carboxylic acids is 1. The third-order valence-electron chi connectivity index (χ3n) is 3.32. The van der Waals surface area contributed by atoms with Crippen LogP contribution in [0, 0.1) is 0 Å². The maximum Gasteiger partial charge on any atom is 0.219 e. The van der Waals surface area contributed by atoms with E-state index >= 15 is 0 Å². The van der Waals surface area contributed by atoms with Gasteiger partial charge in [0.05, 0.1) is 12.7 Å². The summed E-state index contributed by atoms with van der Waals surface area (Å²) in [5.74, 6) is -0.277. The largest absolute Gasteiger partial charge is 0.374 e. The van der Waals surface area contributed by atoms with Gasteiger partial charge in [-0.3, -0.25) is 9.69 Å². The molecule has 0 aromatic rings. The van der Waals surface area contributed by atoms with Crippen LogP contribution in [-0.2, 0) is 9.53 Å². The minimum absolute atomic E-state index is 0.188. The van der Waals surface area contributed by atoms with Gasteiger partial charge in [0.25, 0.3) is 0 Å². The van der Waals surface area contributed by atoms with Gasteiger partial charge in [-0.2, -0.15) is 0 Å². The third-order valence-corrected chi connectivity index (χ3v) is 3.32. The summed E-state index contributed by atoms with van der Waals surface area (Å²) in [5.41, 5.74) is 4.96. The normalized spacial score (nSPS) is 22.4. The Bertz CT molecular complexity index is 279. The third kappa shape index (κ3) is 5.33. The van der Waals surface area contributed by atoms with Gasteiger partial charge < -0.3 is 15.8 Å². The molecule has 1 heterocycles. The smallest absolute Gasteiger partial charge is 0.219 e. The molecular weight excluding hydrogens is 230 g/mol. The van der Waals surface area contributed by atoms with Crippen molar-refractivity contribution in [1.29, 1.82) is 0 Å². The Balaban J connectivity index is 2.36. The first-order chi connectivity index (χ1) is 8.30. The predicted molar refractivity (Wildman–Crippen MR) is 72.3 cm³/mol. The van der Waals surface area contributed by atoms with Crippen molar-refractivity contribution in [3.8, 4) is 0 Å². The molecule has 1 rings (SSSR count). The molecule has 5 nitrogen and oxygen atoms in total. The lowest BCUT2D eigenvalue weighted by atomic mass is 10.00. The molecule has 1 amide bonds. The number of hydrogen-bond acceptors (Lipinski definition) is 4. The minimum Gasteiger partial charge on any atom is -0.374 e. The molecule has 0 saturated carbocycles. The van der Waals surface area contributed by atoms with E-state index in [2.05, 4.69) is 24.1 Å². The van der Waals surface area contributed by atoms with Gasteiger partial charge in [-0.15, -0.1) is 0 Å². The van der Waals surface area contributed by atoms with Crippen molar-refractivity contribution in [3.05, 3.63) is 0 Å². The molecule has 0 aliphatic carbocycles. The van der Waals surface area contributed by atoms with E-state index in [0.717, 1.165) is 26.2 Å². The number of hydrogen-bond donors (Lipinski definition) is 2. The van der Waals surface area contributed by atoms with Crippen LogP contribution in [0.5, 0.6) is 0 Å². The van der Waals surface area contributed by atoms with Crippen LogP contribution in [0.25, 0.3) is 0 Å². The van der Waals surface area contributed by atoms with Crippen LogP contribution in [-0.4, -0.2) is 54.7 Å². The average molecular weight is 257 g/mol. The van der Waals surface area contributed by atoms with Crippen molar-refractivity contribution in [2.24, 2.45) is 5.73 Å². The molecule has 1 aliphatic heterocycles. The Hall–Kier alpha value is -0.650. The fourth-order valence-corrected chi connectivity index (χ4v) is 2.22. The number of rotatable bonds is 6. The number of nitrogens with zero attached hydrogens (tertiary/aromatic N) is 1. The van der Waals surface area contributed by atoms with Gasteiger partial charge >= 0.3 is 0 Å². The molecule has 5 heteroatoms. The van der Waals surface area contributed by atoms with Crippen LogP contribution in [0.3, 0.4) is 0 Å². The first kappa shape index (κ1) is 15.4. The Morgan fingerprint density at radius 3 is 2.78 bits per heavy atom. The van der Waals surface area contributed by atoms with Crippen molar-refractivity contribution in [2.75, 3.05) is 26.2 Å². The molecule has 0 bridgehead atoms. The van der Waals surface area contributed by atoms with Crippen molar-refractivity contribution in [3.63, 3.8) is 0 Å². The molecule has 18 heavy (non-hydrogen) atoms. The Morgan fingerprint density at radius 1 is 1.56 bits per heavy atom. The van der Waals surface area contributed by atoms with Crippen molar-refractivity contribution in [2.45, 2.75) is 51.8 Å². The van der Waals surface area contributed by atoms with E-state index in [-0.39, 0.29) is 17.6 Å². The Morgan fingerprint density at radius 2 is 2.22 bits per heavy atom. The monoisotopic (exact) mass is 257 g/mol. The molecule has 0 aromatic heterocycles. The Kier molecular flexibility index (Phi) is 5.56. The van der Waals surface area contributed by atoms with E-state index in [1.807, 2.05) is 13.8 Å². The number of nitrogens with two attached hydrogens (primary N) is 1. The second-order valence-electron chi connectivity index (χ2n) is 5.99. The van der Waals surface area contributed by atoms with Gasteiger partial charge in [-0.1, -0.05) is 0 Å². The summed E-state index contributed by atoms with van der Waals surface area (Å²) in [4.78, 5) is 13.4. The second kappa shape index (κ2) is 6.50. The van der Waals surface area contributed by atoms with Crippen LogP contribution in [0.1, 0.15) is 34.1 Å². The first-order valence-corrected chi connectivity index (χ1v) is 6.69. The second-order valence-corrected chi connectivity index (χ2v) is 5.99. The van der Waals surface area contributed by atoms with Crippen molar-refractivity contribution in [1.82, 2.24) is 10.2 Å². The number of morpholine rings is 1. The van der Waals surface area contributed by atoms with Crippen molar-refractivity contribution >= 4 is 5.91 Å². The van der Waals surface area contributed by atoms with Crippen LogP contribution in [0.2, 0.25) is 0 Å². The standard InChI is InChI=1S/C13H27N3O2/c1-10(2)16-5-6-18-11(9-16)8-15-13(3,4)7-12(14)17/h10-11,15H,5-9H2,1-4H3,(H2,14,17). The molecule has 0 radical (unpaired) electrons. The summed E-state index contributed by atoms with van der Waals surface area (Å²) in [5, 5.41) is 3.37. The molecule has 1 aliphatic rings. The zero-order valence-electron chi connectivity index (χ0n) is 12.0. The summed E-state index contributed by atoms with van der Waals surface area (Å²) in [6.45, 7) is 11.8. The number of ether oxygens (including phenoxy) is 1. The van der Waals surface area contributed by atoms with Gasteiger partial charge in [-0.25, -0.2) is 0 Å². The molecule has 1 fully saturated rings. The first-order valence-electron chi connectivity index (χ1n) is 6.69. The van der Waals surface area contributed by atoms with Crippen LogP contribution in [0.4, 0.5) is 0 Å². The lowest BCUT2D eigenvalue weighted by Gasteiger charge is -2.37. The summed E-state index contributed by atoms with van der Waals surface area (Å²) >= 11 is 0. The van der Waals surface area contributed by atoms with Crippen molar-refractivity contribution < 1.29 is 9.53 Å². The zero-order chi connectivity index (χ0) is 13.8. The SMILES string of the molecule is CC(C)N1CCOC(CNC(C)(C)CC(N)=O)C1. The topological polar surface area (TPSA) is 67.6 Å². The Labute approximate surface area is 110 Å². The van der Waals surface area contributed by atoms with E-state index < -0.39 is 0 Å². The number of primary amides is 1. The van der Waals surface area contributed by atoms with Gasteiger partial charge in [0.2, 0.25) is 5.91 Å². The maximum atomic E-state index is 11.0. The zero-order valence-corrected chi connectivity index (χ0v) is 12.0. The molecule has 1 atom stereocenters. The maximum absolute atomic E-state index is 11.0. The van der Waals surface area contributed by atoms with E-state index in [4.69, 9.17) is 10.5 Å². The number of carbonyl (C=O) groups is 1. The fourth-order valence-electron chi connectivity index (χ4n) is 2.22. The van der Waals surface area contributed by atoms with Gasteiger partial charge in [0, 0.05) is 37.6 Å². The van der Waals surface area contributed by atoms with E-state index in [9.17, 15) is 4.79 Å². The summed E-state index contributed by atoms with van der Waals surface area (Å²) in [6, 6.07) is 0.551. The lowest BCUT2D eigenvalue weighted by molar-refractivity contribution is -0.119. The van der Waals surface area contributed by atoms with Gasteiger partial charge in [0.15, 0.2) is 0 Å².